The van der Waals surface area contributed by atoms with Crippen molar-refractivity contribution in [2.24, 2.45) is 0 Å². The number of aromatic carboxylic acids is 1. The molecule has 2 aromatic carbocycles. The molecule has 0 atom stereocenters. The number of rotatable bonds is 4. The Morgan fingerprint density at radius 2 is 1.57 bits per heavy atom. The highest BCUT2D eigenvalue weighted by atomic mass is 35.5. The Hall–Kier alpha value is -1.91. The lowest BCUT2D eigenvalue weighted by molar-refractivity contribution is 0.0696. The third kappa shape index (κ3) is 3.06. The molecule has 0 radical (unpaired) electrons. The second-order valence-electron chi connectivity index (χ2n) is 4.19. The molecule has 0 bridgehead atoms. The number of methoxy groups -OCH3 is 2. The van der Waals surface area contributed by atoms with E-state index in [1.54, 1.807) is 18.2 Å². The van der Waals surface area contributed by atoms with Crippen molar-refractivity contribution < 1.29 is 19.4 Å². The maximum Gasteiger partial charge on any atom is 0.335 e. The molecule has 6 heteroatoms. The molecule has 0 aromatic heterocycles. The summed E-state index contributed by atoms with van der Waals surface area (Å²) in [6, 6.07) is 7.95. The number of carboxylic acid groups (broad SMARTS) is 1. The highest BCUT2D eigenvalue weighted by Gasteiger charge is 2.18. The zero-order valence-electron chi connectivity index (χ0n) is 11.3. The van der Waals surface area contributed by atoms with E-state index in [0.29, 0.717) is 27.1 Å². The largest absolute Gasteiger partial charge is 0.496 e. The second-order valence-corrected chi connectivity index (χ2v) is 5.00. The minimum atomic E-state index is -1.06. The number of benzene rings is 2. The van der Waals surface area contributed by atoms with Crippen LogP contribution in [0.2, 0.25) is 10.0 Å². The molecule has 2 rings (SSSR count). The number of carbonyl (C=O) groups is 1. The lowest BCUT2D eigenvalue weighted by atomic mass is 10.0. The van der Waals surface area contributed by atoms with Crippen LogP contribution in [-0.4, -0.2) is 25.3 Å². The molecule has 0 unspecified atom stereocenters. The Morgan fingerprint density at radius 3 is 2.00 bits per heavy atom. The van der Waals surface area contributed by atoms with Gasteiger partial charge in [-0.1, -0.05) is 29.3 Å². The van der Waals surface area contributed by atoms with Gasteiger partial charge in [-0.25, -0.2) is 4.79 Å². The van der Waals surface area contributed by atoms with Crippen molar-refractivity contribution in [3.05, 3.63) is 45.9 Å². The first kappa shape index (κ1) is 15.5. The van der Waals surface area contributed by atoms with Gasteiger partial charge >= 0.3 is 5.97 Å². The van der Waals surface area contributed by atoms with E-state index >= 15 is 0 Å². The fourth-order valence-corrected chi connectivity index (χ4v) is 2.27. The first-order valence-corrected chi connectivity index (χ1v) is 6.68. The van der Waals surface area contributed by atoms with Crippen LogP contribution in [0, 0.1) is 0 Å². The molecule has 0 aliphatic carbocycles. The fraction of sp³-hybridized carbons (Fsp3) is 0.133. The second kappa shape index (κ2) is 6.24. The predicted molar refractivity (Wildman–Crippen MR) is 82.0 cm³/mol. The summed E-state index contributed by atoms with van der Waals surface area (Å²) in [6.07, 6.45) is 0. The number of hydrogen-bond acceptors (Lipinski definition) is 3. The Bertz CT molecular complexity index is 673. The summed E-state index contributed by atoms with van der Waals surface area (Å²) in [5.41, 5.74) is 1.41. The topological polar surface area (TPSA) is 55.8 Å². The van der Waals surface area contributed by atoms with Gasteiger partial charge in [0, 0.05) is 0 Å². The number of hydrogen-bond donors (Lipinski definition) is 1. The van der Waals surface area contributed by atoms with E-state index in [1.165, 1.54) is 26.4 Å². The summed E-state index contributed by atoms with van der Waals surface area (Å²) >= 11 is 11.9. The van der Waals surface area contributed by atoms with Gasteiger partial charge < -0.3 is 14.6 Å². The van der Waals surface area contributed by atoms with Crippen LogP contribution in [0.4, 0.5) is 0 Å². The van der Waals surface area contributed by atoms with Gasteiger partial charge in [-0.2, -0.15) is 0 Å². The molecular formula is C15H12Cl2O4. The van der Waals surface area contributed by atoms with Gasteiger partial charge in [-0.15, -0.1) is 0 Å². The third-order valence-corrected chi connectivity index (χ3v) is 3.70. The summed E-state index contributed by atoms with van der Waals surface area (Å²) in [5.74, 6) is -0.303. The molecular weight excluding hydrogens is 315 g/mol. The molecule has 0 spiro atoms. The quantitative estimate of drug-likeness (QED) is 0.906. The maximum absolute atomic E-state index is 11.1. The molecule has 0 heterocycles. The Morgan fingerprint density at radius 1 is 1.00 bits per heavy atom. The van der Waals surface area contributed by atoms with E-state index in [2.05, 4.69) is 0 Å². The Kier molecular flexibility index (Phi) is 4.60. The van der Waals surface area contributed by atoms with Gasteiger partial charge in [-0.3, -0.25) is 0 Å². The van der Waals surface area contributed by atoms with Gasteiger partial charge in [-0.05, 0) is 29.8 Å². The SMILES string of the molecule is COc1cc(C(=O)O)cc(OC)c1-c1ccc(Cl)c(Cl)c1. The predicted octanol–water partition coefficient (Wildman–Crippen LogP) is 4.38. The summed E-state index contributed by atoms with van der Waals surface area (Å²) in [5, 5.41) is 9.94. The fourth-order valence-electron chi connectivity index (χ4n) is 1.97. The highest BCUT2D eigenvalue weighted by Crippen LogP contribution is 2.41. The Balaban J connectivity index is 2.71. The van der Waals surface area contributed by atoms with Gasteiger partial charge in [0.1, 0.15) is 11.5 Å². The standard InChI is InChI=1S/C15H12Cl2O4/c1-20-12-6-9(15(18)19)7-13(21-2)14(12)8-3-4-10(16)11(17)5-8/h3-7H,1-2H3,(H,18,19). The van der Waals surface area contributed by atoms with Crippen molar-refractivity contribution >= 4 is 29.2 Å². The van der Waals surface area contributed by atoms with E-state index in [-0.39, 0.29) is 5.56 Å². The number of carboxylic acids is 1. The number of ether oxygens (including phenoxy) is 2. The molecule has 110 valence electrons. The first-order valence-electron chi connectivity index (χ1n) is 5.92. The minimum Gasteiger partial charge on any atom is -0.496 e. The smallest absolute Gasteiger partial charge is 0.335 e. The van der Waals surface area contributed by atoms with Crippen molar-refractivity contribution in [2.75, 3.05) is 14.2 Å². The van der Waals surface area contributed by atoms with Crippen molar-refractivity contribution in [3.8, 4) is 22.6 Å². The van der Waals surface area contributed by atoms with Crippen molar-refractivity contribution in [1.29, 1.82) is 0 Å². The van der Waals surface area contributed by atoms with Crippen LogP contribution < -0.4 is 9.47 Å². The summed E-state index contributed by atoms with van der Waals surface area (Å²) in [6.45, 7) is 0. The van der Waals surface area contributed by atoms with Gasteiger partial charge in [0.2, 0.25) is 0 Å². The lowest BCUT2D eigenvalue weighted by Crippen LogP contribution is -2.01. The average Bonchev–Trinajstić information content (AvgIpc) is 2.48. The first-order chi connectivity index (χ1) is 9.97. The van der Waals surface area contributed by atoms with Crippen LogP contribution in [0.1, 0.15) is 10.4 Å². The third-order valence-electron chi connectivity index (χ3n) is 2.96. The lowest BCUT2D eigenvalue weighted by Gasteiger charge is -2.15. The molecule has 0 saturated heterocycles. The van der Waals surface area contributed by atoms with Crippen LogP contribution in [0.25, 0.3) is 11.1 Å². The van der Waals surface area contributed by atoms with Crippen LogP contribution >= 0.6 is 23.2 Å². The zero-order valence-corrected chi connectivity index (χ0v) is 12.8. The van der Waals surface area contributed by atoms with Crippen molar-refractivity contribution in [3.63, 3.8) is 0 Å². The average molecular weight is 327 g/mol. The molecule has 1 N–H and O–H groups in total. The molecule has 0 fully saturated rings. The van der Waals surface area contributed by atoms with E-state index < -0.39 is 5.97 Å². The summed E-state index contributed by atoms with van der Waals surface area (Å²) < 4.78 is 10.6. The monoisotopic (exact) mass is 326 g/mol. The van der Waals surface area contributed by atoms with Crippen molar-refractivity contribution in [1.82, 2.24) is 0 Å². The molecule has 0 amide bonds. The van der Waals surface area contributed by atoms with Crippen LogP contribution in [-0.2, 0) is 0 Å². The molecule has 0 aliphatic rings. The molecule has 2 aromatic rings. The van der Waals surface area contributed by atoms with Crippen LogP contribution in [0.5, 0.6) is 11.5 Å². The van der Waals surface area contributed by atoms with Gasteiger partial charge in [0.15, 0.2) is 0 Å². The van der Waals surface area contributed by atoms with Crippen LogP contribution in [0.3, 0.4) is 0 Å². The maximum atomic E-state index is 11.1. The normalized spacial score (nSPS) is 10.3. The summed E-state index contributed by atoms with van der Waals surface area (Å²) in [7, 11) is 2.92. The zero-order chi connectivity index (χ0) is 15.6. The molecule has 21 heavy (non-hydrogen) atoms. The van der Waals surface area contributed by atoms with E-state index in [4.69, 9.17) is 37.8 Å². The van der Waals surface area contributed by atoms with E-state index in [1.807, 2.05) is 0 Å². The molecule has 0 aliphatic heterocycles. The van der Waals surface area contributed by atoms with E-state index in [9.17, 15) is 4.79 Å². The van der Waals surface area contributed by atoms with Crippen LogP contribution in [0.15, 0.2) is 30.3 Å². The summed E-state index contributed by atoms with van der Waals surface area (Å²) in [4.78, 5) is 11.1. The molecule has 0 saturated carbocycles. The molecule has 4 nitrogen and oxygen atoms in total. The van der Waals surface area contributed by atoms with Gasteiger partial charge in [0.25, 0.3) is 0 Å². The highest BCUT2D eigenvalue weighted by molar-refractivity contribution is 6.42. The Labute approximate surface area is 131 Å². The minimum absolute atomic E-state index is 0.0764. The number of halogens is 2. The van der Waals surface area contributed by atoms with Gasteiger partial charge in [0.05, 0.1) is 35.4 Å². The van der Waals surface area contributed by atoms with E-state index in [0.717, 1.165) is 5.56 Å². The van der Waals surface area contributed by atoms with Crippen molar-refractivity contribution in [2.45, 2.75) is 0 Å².